The average molecular weight is 220 g/mol. The van der Waals surface area contributed by atoms with Gasteiger partial charge in [-0.3, -0.25) is 0 Å². The van der Waals surface area contributed by atoms with Crippen molar-refractivity contribution in [2.75, 3.05) is 13.2 Å². The highest BCUT2D eigenvalue weighted by atomic mass is 19.1. The summed E-state index contributed by atoms with van der Waals surface area (Å²) in [6, 6.07) is 4.64. The van der Waals surface area contributed by atoms with E-state index in [2.05, 4.69) is 9.97 Å². The maximum absolute atomic E-state index is 13.0. The molecule has 0 spiro atoms. The Morgan fingerprint density at radius 2 is 2.12 bits per heavy atom. The molecule has 0 atom stereocenters. The number of aromatic nitrogens is 2. The molecule has 1 aliphatic heterocycles. The van der Waals surface area contributed by atoms with Gasteiger partial charge in [-0.05, 0) is 31.0 Å². The number of halogens is 1. The predicted octanol–water partition coefficient (Wildman–Crippen LogP) is 2.60. The normalized spacial score (nSPS) is 18.1. The minimum Gasteiger partial charge on any atom is -0.381 e. The quantitative estimate of drug-likeness (QED) is 0.802. The number of nitrogens with one attached hydrogen (secondary N) is 1. The summed E-state index contributed by atoms with van der Waals surface area (Å²) in [6.07, 6.45) is 1.98. The summed E-state index contributed by atoms with van der Waals surface area (Å²) in [5.74, 6) is 1.16. The molecule has 84 valence electrons. The molecular weight excluding hydrogens is 207 g/mol. The van der Waals surface area contributed by atoms with Crippen LogP contribution in [-0.4, -0.2) is 23.2 Å². The Labute approximate surface area is 92.6 Å². The molecule has 1 saturated heterocycles. The highest BCUT2D eigenvalue weighted by Crippen LogP contribution is 2.26. The van der Waals surface area contributed by atoms with E-state index in [1.807, 2.05) is 0 Å². The molecule has 3 nitrogen and oxygen atoms in total. The lowest BCUT2D eigenvalue weighted by molar-refractivity contribution is 0.0838. The molecule has 0 saturated carbocycles. The van der Waals surface area contributed by atoms with Gasteiger partial charge in [0.05, 0.1) is 11.0 Å². The van der Waals surface area contributed by atoms with E-state index in [-0.39, 0.29) is 5.82 Å². The highest BCUT2D eigenvalue weighted by Gasteiger charge is 2.19. The van der Waals surface area contributed by atoms with Crippen LogP contribution in [0.3, 0.4) is 0 Å². The van der Waals surface area contributed by atoms with Crippen molar-refractivity contribution in [2.24, 2.45) is 0 Å². The minimum atomic E-state index is -0.227. The van der Waals surface area contributed by atoms with Crippen molar-refractivity contribution in [3.63, 3.8) is 0 Å². The summed E-state index contributed by atoms with van der Waals surface area (Å²) < 4.78 is 18.3. The third-order valence-electron chi connectivity index (χ3n) is 3.07. The third kappa shape index (κ3) is 1.69. The van der Waals surface area contributed by atoms with Crippen molar-refractivity contribution in [3.05, 3.63) is 29.8 Å². The first-order valence-electron chi connectivity index (χ1n) is 5.56. The molecule has 1 N–H and O–H groups in total. The SMILES string of the molecule is Fc1ccc2nc(C3CCOCC3)[nH]c2c1. The maximum atomic E-state index is 13.0. The monoisotopic (exact) mass is 220 g/mol. The first kappa shape index (κ1) is 9.78. The summed E-state index contributed by atoms with van der Waals surface area (Å²) in [4.78, 5) is 7.70. The molecule has 16 heavy (non-hydrogen) atoms. The Bertz CT molecular complexity index is 503. The Hall–Kier alpha value is -1.42. The summed E-state index contributed by atoms with van der Waals surface area (Å²) in [6.45, 7) is 1.58. The Morgan fingerprint density at radius 3 is 2.94 bits per heavy atom. The van der Waals surface area contributed by atoms with E-state index in [1.165, 1.54) is 12.1 Å². The molecule has 0 bridgehead atoms. The van der Waals surface area contributed by atoms with Crippen molar-refractivity contribution >= 4 is 11.0 Å². The van der Waals surface area contributed by atoms with E-state index in [0.29, 0.717) is 5.92 Å². The molecule has 3 rings (SSSR count). The van der Waals surface area contributed by atoms with Crippen LogP contribution in [0.25, 0.3) is 11.0 Å². The molecule has 4 heteroatoms. The van der Waals surface area contributed by atoms with Gasteiger partial charge in [0.15, 0.2) is 0 Å². The molecule has 2 aromatic rings. The number of imidazole rings is 1. The average Bonchev–Trinajstić information content (AvgIpc) is 2.73. The smallest absolute Gasteiger partial charge is 0.125 e. The number of H-pyrrole nitrogens is 1. The maximum Gasteiger partial charge on any atom is 0.125 e. The zero-order chi connectivity index (χ0) is 11.0. The number of ether oxygens (including phenoxy) is 1. The Kier molecular flexibility index (Phi) is 2.36. The van der Waals surface area contributed by atoms with Crippen LogP contribution in [0, 0.1) is 5.82 Å². The Balaban J connectivity index is 1.97. The van der Waals surface area contributed by atoms with E-state index in [1.54, 1.807) is 6.07 Å². The zero-order valence-corrected chi connectivity index (χ0v) is 8.87. The lowest BCUT2D eigenvalue weighted by Crippen LogP contribution is -2.15. The second-order valence-electron chi connectivity index (χ2n) is 4.17. The Morgan fingerprint density at radius 1 is 1.31 bits per heavy atom. The van der Waals surface area contributed by atoms with Gasteiger partial charge >= 0.3 is 0 Å². The van der Waals surface area contributed by atoms with E-state index in [9.17, 15) is 4.39 Å². The van der Waals surface area contributed by atoms with Crippen LogP contribution in [0.2, 0.25) is 0 Å². The number of rotatable bonds is 1. The van der Waals surface area contributed by atoms with Crippen LogP contribution in [0.15, 0.2) is 18.2 Å². The molecule has 1 fully saturated rings. The zero-order valence-electron chi connectivity index (χ0n) is 8.87. The highest BCUT2D eigenvalue weighted by molar-refractivity contribution is 5.75. The fourth-order valence-corrected chi connectivity index (χ4v) is 2.17. The first-order valence-corrected chi connectivity index (χ1v) is 5.56. The van der Waals surface area contributed by atoms with Crippen molar-refractivity contribution < 1.29 is 9.13 Å². The number of fused-ring (bicyclic) bond motifs is 1. The number of nitrogens with zero attached hydrogens (tertiary/aromatic N) is 1. The largest absolute Gasteiger partial charge is 0.381 e. The topological polar surface area (TPSA) is 37.9 Å². The van der Waals surface area contributed by atoms with Crippen LogP contribution < -0.4 is 0 Å². The molecule has 2 heterocycles. The van der Waals surface area contributed by atoms with Gasteiger partial charge < -0.3 is 9.72 Å². The van der Waals surface area contributed by atoms with E-state index in [0.717, 1.165) is 42.9 Å². The number of aromatic amines is 1. The summed E-state index contributed by atoms with van der Waals surface area (Å²) in [7, 11) is 0. The number of hydrogen-bond donors (Lipinski definition) is 1. The fraction of sp³-hybridized carbons (Fsp3) is 0.417. The molecule has 0 unspecified atom stereocenters. The predicted molar refractivity (Wildman–Crippen MR) is 58.8 cm³/mol. The van der Waals surface area contributed by atoms with Crippen molar-refractivity contribution in [2.45, 2.75) is 18.8 Å². The first-order chi connectivity index (χ1) is 7.83. The van der Waals surface area contributed by atoms with Crippen LogP contribution in [0.4, 0.5) is 4.39 Å². The molecular formula is C12H13FN2O. The van der Waals surface area contributed by atoms with Crippen molar-refractivity contribution in [1.29, 1.82) is 0 Å². The van der Waals surface area contributed by atoms with Gasteiger partial charge in [-0.15, -0.1) is 0 Å². The van der Waals surface area contributed by atoms with Crippen molar-refractivity contribution in [1.82, 2.24) is 9.97 Å². The van der Waals surface area contributed by atoms with Gasteiger partial charge in [-0.2, -0.15) is 0 Å². The van der Waals surface area contributed by atoms with Crippen LogP contribution in [0.5, 0.6) is 0 Å². The van der Waals surface area contributed by atoms with Crippen LogP contribution >= 0.6 is 0 Å². The van der Waals surface area contributed by atoms with E-state index in [4.69, 9.17) is 4.74 Å². The lowest BCUT2D eigenvalue weighted by Gasteiger charge is -2.19. The summed E-state index contributed by atoms with van der Waals surface area (Å²) in [5, 5.41) is 0. The van der Waals surface area contributed by atoms with Gasteiger partial charge in [-0.25, -0.2) is 9.37 Å². The molecule has 1 aromatic carbocycles. The summed E-state index contributed by atoms with van der Waals surface area (Å²) in [5.41, 5.74) is 1.62. The molecule has 0 radical (unpaired) electrons. The second kappa shape index (κ2) is 3.87. The fourth-order valence-electron chi connectivity index (χ4n) is 2.17. The van der Waals surface area contributed by atoms with Crippen LogP contribution in [0.1, 0.15) is 24.6 Å². The minimum absolute atomic E-state index is 0.227. The van der Waals surface area contributed by atoms with Gasteiger partial charge in [0.25, 0.3) is 0 Å². The number of benzene rings is 1. The number of hydrogen-bond acceptors (Lipinski definition) is 2. The molecule has 1 aliphatic rings. The summed E-state index contributed by atoms with van der Waals surface area (Å²) >= 11 is 0. The second-order valence-corrected chi connectivity index (χ2v) is 4.17. The van der Waals surface area contributed by atoms with Gasteiger partial charge in [-0.1, -0.05) is 0 Å². The lowest BCUT2D eigenvalue weighted by atomic mass is 10.00. The molecule has 0 aliphatic carbocycles. The van der Waals surface area contributed by atoms with Gasteiger partial charge in [0.1, 0.15) is 11.6 Å². The van der Waals surface area contributed by atoms with Crippen LogP contribution in [-0.2, 0) is 4.74 Å². The third-order valence-corrected chi connectivity index (χ3v) is 3.07. The molecule has 0 amide bonds. The van der Waals surface area contributed by atoms with Gasteiger partial charge in [0, 0.05) is 19.1 Å². The van der Waals surface area contributed by atoms with E-state index < -0.39 is 0 Å². The van der Waals surface area contributed by atoms with Gasteiger partial charge in [0.2, 0.25) is 0 Å². The van der Waals surface area contributed by atoms with E-state index >= 15 is 0 Å². The van der Waals surface area contributed by atoms with Crippen molar-refractivity contribution in [3.8, 4) is 0 Å². The molecule has 1 aromatic heterocycles. The standard InChI is InChI=1S/C12H13FN2O/c13-9-1-2-10-11(7-9)15-12(14-10)8-3-5-16-6-4-8/h1-2,7-8H,3-6H2,(H,14,15).